The van der Waals surface area contributed by atoms with Crippen LogP contribution in [0.15, 0.2) is 60.8 Å². The molecular formula is C24H20Cl2N2O3. The molecule has 2 N–H and O–H groups in total. The van der Waals surface area contributed by atoms with Gasteiger partial charge in [-0.1, -0.05) is 35.3 Å². The van der Waals surface area contributed by atoms with Gasteiger partial charge in [0.15, 0.2) is 5.75 Å². The van der Waals surface area contributed by atoms with Crippen molar-refractivity contribution in [1.29, 1.82) is 0 Å². The molecule has 5 nitrogen and oxygen atoms in total. The lowest BCUT2D eigenvalue weighted by Gasteiger charge is -2.12. The number of benzene rings is 3. The van der Waals surface area contributed by atoms with Crippen molar-refractivity contribution in [2.24, 2.45) is 0 Å². The Balaban J connectivity index is 1.53. The maximum absolute atomic E-state index is 10.6. The quantitative estimate of drug-likeness (QED) is 0.326. The summed E-state index contributed by atoms with van der Waals surface area (Å²) in [5.74, 6) is 1.73. The molecule has 0 spiro atoms. The van der Waals surface area contributed by atoms with Crippen molar-refractivity contribution in [3.63, 3.8) is 0 Å². The van der Waals surface area contributed by atoms with Gasteiger partial charge in [-0.15, -0.1) is 0 Å². The zero-order valence-electron chi connectivity index (χ0n) is 16.9. The highest BCUT2D eigenvalue weighted by Gasteiger charge is 2.15. The van der Waals surface area contributed by atoms with Crippen LogP contribution in [0.4, 0.5) is 0 Å². The molecule has 1 aromatic heterocycles. The zero-order valence-corrected chi connectivity index (χ0v) is 18.5. The molecule has 0 unspecified atom stereocenters. The van der Waals surface area contributed by atoms with Gasteiger partial charge in [0.05, 0.1) is 6.20 Å². The van der Waals surface area contributed by atoms with Gasteiger partial charge in [0, 0.05) is 21.7 Å². The molecule has 0 amide bonds. The number of rotatable bonds is 6. The van der Waals surface area contributed by atoms with Crippen LogP contribution in [-0.4, -0.2) is 15.3 Å². The first kappa shape index (κ1) is 21.1. The summed E-state index contributed by atoms with van der Waals surface area (Å²) in [5, 5.41) is 18.9. The fraction of sp³-hybridized carbons (Fsp3) is 0.125. The van der Waals surface area contributed by atoms with E-state index in [1.54, 1.807) is 24.4 Å². The molecular weight excluding hydrogens is 435 g/mol. The number of phenols is 1. The molecule has 1 heterocycles. The Morgan fingerprint density at radius 2 is 1.65 bits per heavy atom. The first-order chi connectivity index (χ1) is 14.9. The Bertz CT molecular complexity index is 1200. The lowest BCUT2D eigenvalue weighted by molar-refractivity contribution is 0.304. The summed E-state index contributed by atoms with van der Waals surface area (Å²) in [7, 11) is 0. The number of H-pyrrole nitrogens is 1. The number of aromatic amines is 1. The molecule has 0 radical (unpaired) electrons. The molecule has 31 heavy (non-hydrogen) atoms. The molecule has 0 aliphatic carbocycles. The third-order valence-electron chi connectivity index (χ3n) is 4.80. The van der Waals surface area contributed by atoms with E-state index in [9.17, 15) is 5.11 Å². The second-order valence-electron chi connectivity index (χ2n) is 7.18. The molecule has 0 aliphatic heterocycles. The number of phenolic OH excluding ortho intramolecular Hbond substituents is 1. The minimum Gasteiger partial charge on any atom is -0.507 e. The van der Waals surface area contributed by atoms with Gasteiger partial charge in [-0.25, -0.2) is 0 Å². The zero-order chi connectivity index (χ0) is 22.0. The summed E-state index contributed by atoms with van der Waals surface area (Å²) in [6.07, 6.45) is 1.57. The Morgan fingerprint density at radius 3 is 2.32 bits per heavy atom. The average molecular weight is 455 g/mol. The number of aromatic hydroxyl groups is 1. The van der Waals surface area contributed by atoms with Crippen molar-refractivity contribution in [2.45, 2.75) is 20.5 Å². The molecule has 0 atom stereocenters. The van der Waals surface area contributed by atoms with Gasteiger partial charge in [-0.3, -0.25) is 5.10 Å². The van der Waals surface area contributed by atoms with Crippen LogP contribution in [0.25, 0.3) is 11.3 Å². The number of hydrogen-bond donors (Lipinski definition) is 2. The van der Waals surface area contributed by atoms with Crippen molar-refractivity contribution in [3.8, 4) is 34.3 Å². The van der Waals surface area contributed by atoms with Crippen LogP contribution in [0, 0.1) is 13.8 Å². The number of ether oxygens (including phenoxy) is 2. The van der Waals surface area contributed by atoms with Gasteiger partial charge in [-0.2, -0.15) is 5.10 Å². The van der Waals surface area contributed by atoms with Gasteiger partial charge < -0.3 is 14.6 Å². The van der Waals surface area contributed by atoms with Gasteiger partial charge in [0.25, 0.3) is 0 Å². The second-order valence-corrected chi connectivity index (χ2v) is 7.99. The lowest BCUT2D eigenvalue weighted by atomic mass is 10.1. The Kier molecular flexibility index (Phi) is 6.07. The van der Waals surface area contributed by atoms with Crippen LogP contribution < -0.4 is 9.47 Å². The van der Waals surface area contributed by atoms with Gasteiger partial charge in [-0.05, 0) is 66.9 Å². The largest absolute Gasteiger partial charge is 0.507 e. The molecule has 0 saturated carbocycles. The molecule has 7 heteroatoms. The molecule has 0 saturated heterocycles. The maximum Gasteiger partial charge on any atom is 0.173 e. The minimum atomic E-state index is 0.0474. The number of hydrogen-bond acceptors (Lipinski definition) is 4. The second kappa shape index (κ2) is 8.92. The summed E-state index contributed by atoms with van der Waals surface area (Å²) >= 11 is 12.1. The Morgan fingerprint density at radius 1 is 0.935 bits per heavy atom. The third-order valence-corrected chi connectivity index (χ3v) is 5.65. The number of nitrogens with one attached hydrogen (secondary N) is 1. The van der Waals surface area contributed by atoms with E-state index >= 15 is 0 Å². The number of nitrogens with zero attached hydrogens (tertiary/aromatic N) is 1. The van der Waals surface area contributed by atoms with Crippen molar-refractivity contribution in [1.82, 2.24) is 10.2 Å². The van der Waals surface area contributed by atoms with Crippen LogP contribution in [0.5, 0.6) is 23.0 Å². The van der Waals surface area contributed by atoms with E-state index in [4.69, 9.17) is 32.7 Å². The average Bonchev–Trinajstić information content (AvgIpc) is 3.19. The Labute approximate surface area is 190 Å². The molecule has 0 aliphatic rings. The van der Waals surface area contributed by atoms with Gasteiger partial charge in [0.1, 0.15) is 29.5 Å². The molecule has 158 valence electrons. The van der Waals surface area contributed by atoms with Gasteiger partial charge in [0.2, 0.25) is 0 Å². The monoisotopic (exact) mass is 454 g/mol. The SMILES string of the molecule is Cc1cc(Oc2cn[nH]c2-c2ccc(OCc3ccc(Cl)cc3)cc2O)cc(C)c1Cl. The summed E-state index contributed by atoms with van der Waals surface area (Å²) in [4.78, 5) is 0. The van der Waals surface area contributed by atoms with Crippen molar-refractivity contribution >= 4 is 23.2 Å². The van der Waals surface area contributed by atoms with Crippen LogP contribution in [0.3, 0.4) is 0 Å². The highest BCUT2D eigenvalue weighted by Crippen LogP contribution is 2.39. The smallest absolute Gasteiger partial charge is 0.173 e. The van der Waals surface area contributed by atoms with Crippen LogP contribution in [0.2, 0.25) is 10.0 Å². The van der Waals surface area contributed by atoms with Gasteiger partial charge >= 0.3 is 0 Å². The van der Waals surface area contributed by atoms with Crippen molar-refractivity contribution in [2.75, 3.05) is 0 Å². The summed E-state index contributed by atoms with van der Waals surface area (Å²) in [6.45, 7) is 4.21. The van der Waals surface area contributed by atoms with Crippen LogP contribution >= 0.6 is 23.2 Å². The first-order valence-corrected chi connectivity index (χ1v) is 10.3. The highest BCUT2D eigenvalue weighted by atomic mass is 35.5. The minimum absolute atomic E-state index is 0.0474. The van der Waals surface area contributed by atoms with E-state index < -0.39 is 0 Å². The fourth-order valence-electron chi connectivity index (χ4n) is 3.20. The standard InChI is InChI=1S/C24H20Cl2N2O3/c1-14-9-19(10-15(2)23(14)26)31-22-12-27-28-24(22)20-8-7-18(11-21(20)29)30-13-16-3-5-17(25)6-4-16/h3-12,29H,13H2,1-2H3,(H,27,28). The lowest BCUT2D eigenvalue weighted by Crippen LogP contribution is -1.95. The number of halogens is 2. The molecule has 4 aromatic rings. The van der Waals surface area contributed by atoms with E-state index in [2.05, 4.69) is 10.2 Å². The van der Waals surface area contributed by atoms with Crippen LogP contribution in [0.1, 0.15) is 16.7 Å². The number of aryl methyl sites for hydroxylation is 2. The molecule has 0 bridgehead atoms. The van der Waals surface area contributed by atoms with Crippen LogP contribution in [-0.2, 0) is 6.61 Å². The summed E-state index contributed by atoms with van der Waals surface area (Å²) in [6, 6.07) is 16.2. The molecule has 3 aromatic carbocycles. The topological polar surface area (TPSA) is 67.4 Å². The van der Waals surface area contributed by atoms with E-state index in [0.717, 1.165) is 16.7 Å². The predicted molar refractivity (Wildman–Crippen MR) is 122 cm³/mol. The number of aromatic nitrogens is 2. The van der Waals surface area contributed by atoms with E-state index in [1.807, 2.05) is 50.2 Å². The fourth-order valence-corrected chi connectivity index (χ4v) is 3.43. The van der Waals surface area contributed by atoms with E-state index in [0.29, 0.717) is 45.2 Å². The highest BCUT2D eigenvalue weighted by molar-refractivity contribution is 6.32. The summed E-state index contributed by atoms with van der Waals surface area (Å²) < 4.78 is 11.8. The maximum atomic E-state index is 10.6. The third kappa shape index (κ3) is 4.79. The van der Waals surface area contributed by atoms with Crippen molar-refractivity contribution < 1.29 is 14.6 Å². The molecule has 4 rings (SSSR count). The van der Waals surface area contributed by atoms with E-state index in [1.165, 1.54) is 0 Å². The van der Waals surface area contributed by atoms with Crippen molar-refractivity contribution in [3.05, 3.63) is 87.5 Å². The Hall–Kier alpha value is -3.15. The summed E-state index contributed by atoms with van der Waals surface area (Å²) in [5.41, 5.74) is 3.94. The predicted octanol–water partition coefficient (Wildman–Crippen LogP) is 7.08. The normalized spacial score (nSPS) is 10.8. The molecule has 0 fully saturated rings. The first-order valence-electron chi connectivity index (χ1n) is 9.59. The van der Waals surface area contributed by atoms with E-state index in [-0.39, 0.29) is 5.75 Å².